The molecule has 0 unspecified atom stereocenters. The van der Waals surface area contributed by atoms with Crippen LogP contribution in [0.5, 0.6) is 0 Å². The molecule has 0 fully saturated rings. The Morgan fingerprint density at radius 3 is 2.55 bits per heavy atom. The quantitative estimate of drug-likeness (QED) is 0.302. The van der Waals surface area contributed by atoms with Crippen molar-refractivity contribution >= 4 is 28.8 Å². The van der Waals surface area contributed by atoms with Crippen LogP contribution < -0.4 is 0 Å². The van der Waals surface area contributed by atoms with Crippen molar-refractivity contribution in [2.45, 2.75) is 13.8 Å². The lowest BCUT2D eigenvalue weighted by Gasteiger charge is -2.07. The Bertz CT molecular complexity index is 644. The Kier molecular flexibility index (Phi) is 4.83. The Labute approximate surface area is 120 Å². The van der Waals surface area contributed by atoms with E-state index < -0.39 is 33.6 Å². The van der Waals surface area contributed by atoms with Crippen molar-refractivity contribution in [3.63, 3.8) is 0 Å². The monoisotopic (exact) mass is 294 g/mol. The van der Waals surface area contributed by atoms with Crippen LogP contribution in [0.3, 0.4) is 0 Å². The van der Waals surface area contributed by atoms with Crippen LogP contribution >= 0.6 is 11.6 Å². The second-order valence-corrected chi connectivity index (χ2v) is 4.71. The number of hydrogen-bond donors (Lipinski definition) is 1. The van der Waals surface area contributed by atoms with E-state index in [9.17, 15) is 20.0 Å². The van der Waals surface area contributed by atoms with Gasteiger partial charge >= 0.3 is 0 Å². The highest BCUT2D eigenvalue weighted by Crippen LogP contribution is 2.30. The van der Waals surface area contributed by atoms with E-state index in [4.69, 9.17) is 16.9 Å². The van der Waals surface area contributed by atoms with Crippen molar-refractivity contribution in [1.29, 1.82) is 5.26 Å². The third-order valence-electron chi connectivity index (χ3n) is 2.53. The number of benzene rings is 1. The first-order valence-electron chi connectivity index (χ1n) is 5.61. The predicted molar refractivity (Wildman–Crippen MR) is 73.1 cm³/mol. The molecule has 6 nitrogen and oxygen atoms in total. The van der Waals surface area contributed by atoms with Gasteiger partial charge in [0.05, 0.1) is 10.5 Å². The first kappa shape index (κ1) is 15.7. The number of allylic oxidation sites excluding steroid dienone is 1. The van der Waals surface area contributed by atoms with E-state index in [0.29, 0.717) is 0 Å². The number of nitrogens with zero attached hydrogens (tertiary/aromatic N) is 2. The van der Waals surface area contributed by atoms with Crippen LogP contribution in [0, 0.1) is 27.4 Å². The molecular weight excluding hydrogens is 284 g/mol. The number of hydrogen-bond acceptors (Lipinski definition) is 5. The zero-order valence-electron chi connectivity index (χ0n) is 10.8. The molecule has 0 saturated carbocycles. The summed E-state index contributed by atoms with van der Waals surface area (Å²) in [5.41, 5.74) is -1.20. The maximum Gasteiger partial charge on any atom is 0.281 e. The van der Waals surface area contributed by atoms with Gasteiger partial charge in [-0.15, -0.1) is 0 Å². The van der Waals surface area contributed by atoms with Crippen molar-refractivity contribution in [1.82, 2.24) is 0 Å². The lowest BCUT2D eigenvalue weighted by atomic mass is 9.98. The molecule has 7 heteroatoms. The van der Waals surface area contributed by atoms with Crippen molar-refractivity contribution in [2.75, 3.05) is 0 Å². The zero-order chi connectivity index (χ0) is 15.4. The van der Waals surface area contributed by atoms with Gasteiger partial charge in [0, 0.05) is 17.0 Å². The number of nitro groups is 1. The van der Waals surface area contributed by atoms with Crippen LogP contribution in [0.4, 0.5) is 5.69 Å². The maximum absolute atomic E-state index is 11.8. The summed E-state index contributed by atoms with van der Waals surface area (Å²) < 4.78 is 0. The Morgan fingerprint density at radius 2 is 2.10 bits per heavy atom. The van der Waals surface area contributed by atoms with Crippen LogP contribution in [0.1, 0.15) is 19.4 Å². The van der Waals surface area contributed by atoms with Crippen molar-refractivity contribution < 1.29 is 14.8 Å². The van der Waals surface area contributed by atoms with E-state index in [0.717, 1.165) is 6.07 Å². The number of carbonyl (C=O) groups excluding carboxylic acids is 1. The maximum atomic E-state index is 11.8. The fourth-order valence-corrected chi connectivity index (χ4v) is 1.67. The summed E-state index contributed by atoms with van der Waals surface area (Å²) in [5, 5.41) is 30.0. The Hall–Kier alpha value is -2.39. The Morgan fingerprint density at radius 1 is 1.50 bits per heavy atom. The van der Waals surface area contributed by atoms with Gasteiger partial charge in [-0.05, 0) is 12.1 Å². The SMILES string of the molecule is CC(C)C(=O)/C(C#N)=C(\O)c1ccc(Cl)cc1[N+](=O)[O-]. The minimum Gasteiger partial charge on any atom is -0.506 e. The minimum atomic E-state index is -0.744. The lowest BCUT2D eigenvalue weighted by Crippen LogP contribution is -2.11. The van der Waals surface area contributed by atoms with E-state index in [1.54, 1.807) is 19.9 Å². The first-order valence-corrected chi connectivity index (χ1v) is 5.99. The minimum absolute atomic E-state index is 0.113. The number of aliphatic hydroxyl groups excluding tert-OH is 1. The van der Waals surface area contributed by atoms with Gasteiger partial charge in [-0.25, -0.2) is 0 Å². The molecule has 0 amide bonds. The van der Waals surface area contributed by atoms with E-state index in [-0.39, 0.29) is 10.6 Å². The number of nitriles is 1. The largest absolute Gasteiger partial charge is 0.506 e. The van der Waals surface area contributed by atoms with Gasteiger partial charge in [0.15, 0.2) is 11.5 Å². The second kappa shape index (κ2) is 6.17. The summed E-state index contributed by atoms with van der Waals surface area (Å²) in [5.74, 6) is -1.82. The van der Waals surface area contributed by atoms with Crippen molar-refractivity contribution in [2.24, 2.45) is 5.92 Å². The average molecular weight is 295 g/mol. The van der Waals surface area contributed by atoms with Crippen LogP contribution in [-0.2, 0) is 4.79 Å². The number of Topliss-reactive ketones (excluding diaryl/α,β-unsaturated/α-hetero) is 1. The predicted octanol–water partition coefficient (Wildman–Crippen LogP) is 3.27. The highest BCUT2D eigenvalue weighted by atomic mass is 35.5. The van der Waals surface area contributed by atoms with E-state index in [2.05, 4.69) is 0 Å². The highest BCUT2D eigenvalue weighted by Gasteiger charge is 2.24. The van der Waals surface area contributed by atoms with Crippen molar-refractivity contribution in [3.8, 4) is 6.07 Å². The molecule has 1 N–H and O–H groups in total. The molecule has 0 heterocycles. The van der Waals surface area contributed by atoms with E-state index in [1.807, 2.05) is 0 Å². The van der Waals surface area contributed by atoms with Crippen LogP contribution in [0.15, 0.2) is 23.8 Å². The third-order valence-corrected chi connectivity index (χ3v) is 2.77. The van der Waals surface area contributed by atoms with Crippen LogP contribution in [0.2, 0.25) is 5.02 Å². The summed E-state index contributed by atoms with van der Waals surface area (Å²) in [7, 11) is 0. The summed E-state index contributed by atoms with van der Waals surface area (Å²) in [6, 6.07) is 5.15. The van der Waals surface area contributed by atoms with E-state index >= 15 is 0 Å². The smallest absolute Gasteiger partial charge is 0.281 e. The molecule has 0 aliphatic heterocycles. The van der Waals surface area contributed by atoms with Gasteiger partial charge < -0.3 is 5.11 Å². The molecule has 0 aliphatic rings. The average Bonchev–Trinajstić information content (AvgIpc) is 2.38. The summed E-state index contributed by atoms with van der Waals surface area (Å²) >= 11 is 5.66. The molecule has 1 aromatic rings. The molecule has 0 atom stereocenters. The molecule has 1 rings (SSSR count). The molecule has 0 radical (unpaired) electrons. The molecule has 0 spiro atoms. The zero-order valence-corrected chi connectivity index (χ0v) is 11.5. The molecule has 1 aromatic carbocycles. The highest BCUT2D eigenvalue weighted by molar-refractivity contribution is 6.30. The fraction of sp³-hybridized carbons (Fsp3) is 0.231. The summed E-state index contributed by atoms with van der Waals surface area (Å²) in [6.07, 6.45) is 0. The molecule has 104 valence electrons. The topological polar surface area (TPSA) is 104 Å². The van der Waals surface area contributed by atoms with Gasteiger partial charge in [-0.2, -0.15) is 5.26 Å². The molecule has 0 bridgehead atoms. The number of carbonyl (C=O) groups is 1. The van der Waals surface area contributed by atoms with Crippen LogP contribution in [0.25, 0.3) is 5.76 Å². The lowest BCUT2D eigenvalue weighted by molar-refractivity contribution is -0.385. The first-order chi connectivity index (χ1) is 9.29. The van der Waals surface area contributed by atoms with Crippen molar-refractivity contribution in [3.05, 3.63) is 44.5 Å². The summed E-state index contributed by atoms with van der Waals surface area (Å²) in [6.45, 7) is 3.12. The molecule has 0 aliphatic carbocycles. The van der Waals surface area contributed by atoms with Crippen LogP contribution in [-0.4, -0.2) is 15.8 Å². The summed E-state index contributed by atoms with van der Waals surface area (Å²) in [4.78, 5) is 22.0. The number of rotatable bonds is 4. The molecular formula is C13H11ClN2O4. The number of halogens is 1. The third kappa shape index (κ3) is 3.13. The Balaban J connectivity index is 3.54. The van der Waals surface area contributed by atoms with Gasteiger partial charge in [-0.3, -0.25) is 14.9 Å². The van der Waals surface area contributed by atoms with E-state index in [1.165, 1.54) is 12.1 Å². The fourth-order valence-electron chi connectivity index (χ4n) is 1.50. The second-order valence-electron chi connectivity index (χ2n) is 4.27. The standard InChI is InChI=1S/C13H11ClN2O4/c1-7(2)12(17)10(6-15)13(18)9-4-3-8(14)5-11(9)16(19)20/h3-5,7,18H,1-2H3/b13-10-. The van der Waals surface area contributed by atoms with Gasteiger partial charge in [-0.1, -0.05) is 25.4 Å². The van der Waals surface area contributed by atoms with Gasteiger partial charge in [0.25, 0.3) is 5.69 Å². The van der Waals surface area contributed by atoms with Gasteiger partial charge in [0.1, 0.15) is 11.6 Å². The molecule has 0 saturated heterocycles. The van der Waals surface area contributed by atoms with Gasteiger partial charge in [0.2, 0.25) is 0 Å². The number of aliphatic hydroxyl groups is 1. The normalized spacial score (nSPS) is 11.8. The molecule has 20 heavy (non-hydrogen) atoms. The number of ketones is 1. The molecule has 0 aromatic heterocycles. The number of nitro benzene ring substituents is 1.